The van der Waals surface area contributed by atoms with Crippen LogP contribution in [0.25, 0.3) is 0 Å². The summed E-state index contributed by atoms with van der Waals surface area (Å²) in [6.45, 7) is 3.58. The summed E-state index contributed by atoms with van der Waals surface area (Å²) in [7, 11) is 0. The molecule has 0 radical (unpaired) electrons. The predicted molar refractivity (Wildman–Crippen MR) is 75.2 cm³/mol. The minimum absolute atomic E-state index is 0.0885. The van der Waals surface area contributed by atoms with Crippen LogP contribution in [0.2, 0.25) is 0 Å². The summed E-state index contributed by atoms with van der Waals surface area (Å²) in [5, 5.41) is 10.3. The Kier molecular flexibility index (Phi) is 3.47. The number of amides is 1. The highest BCUT2D eigenvalue weighted by Crippen LogP contribution is 2.23. The number of fused-ring (bicyclic) bond motifs is 1. The van der Waals surface area contributed by atoms with Gasteiger partial charge in [-0.05, 0) is 37.1 Å². The van der Waals surface area contributed by atoms with Crippen LogP contribution in [-0.2, 0) is 17.8 Å². The normalized spacial score (nSPS) is 15.4. The highest BCUT2D eigenvalue weighted by atomic mass is 16.2. The Bertz CT molecular complexity index is 608. The summed E-state index contributed by atoms with van der Waals surface area (Å²) >= 11 is 0. The second-order valence-corrected chi connectivity index (χ2v) is 4.91. The van der Waals surface area contributed by atoms with Gasteiger partial charge in [0.1, 0.15) is 18.7 Å². The summed E-state index contributed by atoms with van der Waals surface area (Å²) < 4.78 is 1.54. The fourth-order valence-electron chi connectivity index (χ4n) is 2.41. The molecule has 3 rings (SSSR count). The van der Waals surface area contributed by atoms with Gasteiger partial charge in [-0.2, -0.15) is 5.10 Å². The van der Waals surface area contributed by atoms with Crippen LogP contribution in [0.1, 0.15) is 24.1 Å². The number of aromatic nitrogens is 3. The fraction of sp³-hybridized carbons (Fsp3) is 0.357. The van der Waals surface area contributed by atoms with E-state index in [0.717, 1.165) is 25.2 Å². The maximum absolute atomic E-state index is 12.3. The first-order valence-corrected chi connectivity index (χ1v) is 6.72. The van der Waals surface area contributed by atoms with Gasteiger partial charge >= 0.3 is 0 Å². The van der Waals surface area contributed by atoms with Gasteiger partial charge in [-0.3, -0.25) is 4.79 Å². The molecule has 1 atom stereocenters. The zero-order valence-corrected chi connectivity index (χ0v) is 11.3. The van der Waals surface area contributed by atoms with E-state index in [9.17, 15) is 4.79 Å². The van der Waals surface area contributed by atoms with E-state index in [1.807, 2.05) is 12.1 Å². The van der Waals surface area contributed by atoms with Gasteiger partial charge in [0.05, 0.1) is 0 Å². The molecule has 2 aromatic rings. The summed E-state index contributed by atoms with van der Waals surface area (Å²) in [4.78, 5) is 16.1. The summed E-state index contributed by atoms with van der Waals surface area (Å²) in [6.07, 6.45) is 3.97. The SMILES string of the molecule is CC(C(=O)Nc1cccc2c1CNCC2)n1cncn1. The van der Waals surface area contributed by atoms with Crippen molar-refractivity contribution in [1.82, 2.24) is 20.1 Å². The quantitative estimate of drug-likeness (QED) is 0.877. The first-order chi connectivity index (χ1) is 9.75. The molecule has 0 spiro atoms. The second kappa shape index (κ2) is 5.42. The van der Waals surface area contributed by atoms with Crippen molar-refractivity contribution in [2.24, 2.45) is 0 Å². The number of benzene rings is 1. The predicted octanol–water partition coefficient (Wildman–Crippen LogP) is 1.12. The number of nitrogens with one attached hydrogen (secondary N) is 2. The molecule has 20 heavy (non-hydrogen) atoms. The molecule has 0 saturated heterocycles. The molecular weight excluding hydrogens is 254 g/mol. The molecule has 1 aliphatic rings. The van der Waals surface area contributed by atoms with Gasteiger partial charge in [0.15, 0.2) is 0 Å². The largest absolute Gasteiger partial charge is 0.324 e. The van der Waals surface area contributed by atoms with Crippen molar-refractivity contribution in [3.05, 3.63) is 42.0 Å². The Morgan fingerprint density at radius 3 is 3.20 bits per heavy atom. The van der Waals surface area contributed by atoms with Gasteiger partial charge in [-0.1, -0.05) is 12.1 Å². The summed E-state index contributed by atoms with van der Waals surface area (Å²) in [5.74, 6) is -0.0885. The van der Waals surface area contributed by atoms with E-state index in [0.29, 0.717) is 0 Å². The van der Waals surface area contributed by atoms with Crippen LogP contribution < -0.4 is 10.6 Å². The molecule has 0 bridgehead atoms. The molecule has 2 heterocycles. The van der Waals surface area contributed by atoms with Crippen molar-refractivity contribution in [3.8, 4) is 0 Å². The third kappa shape index (κ3) is 2.42. The minimum Gasteiger partial charge on any atom is -0.324 e. The molecular formula is C14H17N5O. The van der Waals surface area contributed by atoms with E-state index >= 15 is 0 Å². The molecule has 1 aromatic carbocycles. The molecule has 6 heteroatoms. The number of rotatable bonds is 3. The molecule has 6 nitrogen and oxygen atoms in total. The molecule has 104 valence electrons. The Morgan fingerprint density at radius 2 is 2.40 bits per heavy atom. The van der Waals surface area contributed by atoms with E-state index in [1.54, 1.807) is 17.9 Å². The third-order valence-electron chi connectivity index (χ3n) is 3.62. The van der Waals surface area contributed by atoms with Crippen molar-refractivity contribution in [1.29, 1.82) is 0 Å². The van der Waals surface area contributed by atoms with Gasteiger partial charge in [0.2, 0.25) is 5.91 Å². The third-order valence-corrected chi connectivity index (χ3v) is 3.62. The molecule has 2 N–H and O–H groups in total. The van der Waals surface area contributed by atoms with Gasteiger partial charge in [0, 0.05) is 12.2 Å². The molecule has 0 saturated carbocycles. The standard InChI is InChI=1S/C14H17N5O/c1-10(19-9-16-8-17-19)14(20)18-13-4-2-3-11-5-6-15-7-12(11)13/h2-4,8-10,15H,5-7H2,1H3,(H,18,20). The van der Waals surface area contributed by atoms with Crippen molar-refractivity contribution in [3.63, 3.8) is 0 Å². The maximum atomic E-state index is 12.3. The van der Waals surface area contributed by atoms with Gasteiger partial charge < -0.3 is 10.6 Å². The zero-order valence-electron chi connectivity index (χ0n) is 11.3. The Morgan fingerprint density at radius 1 is 1.50 bits per heavy atom. The van der Waals surface area contributed by atoms with E-state index in [-0.39, 0.29) is 11.9 Å². The number of hydrogen-bond acceptors (Lipinski definition) is 4. The maximum Gasteiger partial charge on any atom is 0.249 e. The van der Waals surface area contributed by atoms with Crippen molar-refractivity contribution in [2.75, 3.05) is 11.9 Å². The number of carbonyl (C=O) groups is 1. The first-order valence-electron chi connectivity index (χ1n) is 6.72. The zero-order chi connectivity index (χ0) is 13.9. The lowest BCUT2D eigenvalue weighted by Crippen LogP contribution is -2.28. The second-order valence-electron chi connectivity index (χ2n) is 4.91. The van der Waals surface area contributed by atoms with E-state index in [4.69, 9.17) is 0 Å². The number of hydrogen-bond donors (Lipinski definition) is 2. The van der Waals surface area contributed by atoms with Crippen LogP contribution in [0.15, 0.2) is 30.9 Å². The first kappa shape index (κ1) is 12.8. The average Bonchev–Trinajstić information content (AvgIpc) is 3.01. The monoisotopic (exact) mass is 271 g/mol. The molecule has 0 fully saturated rings. The lowest BCUT2D eigenvalue weighted by molar-refractivity contribution is -0.119. The van der Waals surface area contributed by atoms with Crippen molar-refractivity contribution >= 4 is 11.6 Å². The van der Waals surface area contributed by atoms with Crippen LogP contribution in [0.5, 0.6) is 0 Å². The fourth-order valence-corrected chi connectivity index (χ4v) is 2.41. The van der Waals surface area contributed by atoms with Gasteiger partial charge in [-0.15, -0.1) is 0 Å². The molecule has 1 aliphatic heterocycles. The van der Waals surface area contributed by atoms with Gasteiger partial charge in [-0.25, -0.2) is 9.67 Å². The van der Waals surface area contributed by atoms with Crippen LogP contribution in [0, 0.1) is 0 Å². The van der Waals surface area contributed by atoms with E-state index < -0.39 is 0 Å². The molecule has 1 unspecified atom stereocenters. The van der Waals surface area contributed by atoms with Crippen LogP contribution in [-0.4, -0.2) is 27.2 Å². The van der Waals surface area contributed by atoms with Crippen LogP contribution in [0.4, 0.5) is 5.69 Å². The molecule has 1 aromatic heterocycles. The highest BCUT2D eigenvalue weighted by molar-refractivity contribution is 5.94. The number of nitrogens with zero attached hydrogens (tertiary/aromatic N) is 3. The minimum atomic E-state index is -0.384. The van der Waals surface area contributed by atoms with Crippen molar-refractivity contribution in [2.45, 2.75) is 25.9 Å². The van der Waals surface area contributed by atoms with Crippen molar-refractivity contribution < 1.29 is 4.79 Å². The van der Waals surface area contributed by atoms with Gasteiger partial charge in [0.25, 0.3) is 0 Å². The Labute approximate surface area is 117 Å². The lowest BCUT2D eigenvalue weighted by Gasteiger charge is -2.21. The Balaban J connectivity index is 1.79. The van der Waals surface area contributed by atoms with E-state index in [2.05, 4.69) is 26.8 Å². The van der Waals surface area contributed by atoms with Crippen LogP contribution >= 0.6 is 0 Å². The summed E-state index contributed by atoms with van der Waals surface area (Å²) in [5.41, 5.74) is 3.36. The highest BCUT2D eigenvalue weighted by Gasteiger charge is 2.18. The molecule has 0 aliphatic carbocycles. The lowest BCUT2D eigenvalue weighted by atomic mass is 9.99. The number of carbonyl (C=O) groups excluding carboxylic acids is 1. The smallest absolute Gasteiger partial charge is 0.249 e. The average molecular weight is 271 g/mol. The van der Waals surface area contributed by atoms with Crippen LogP contribution in [0.3, 0.4) is 0 Å². The number of anilines is 1. The molecule has 1 amide bonds. The Hall–Kier alpha value is -2.21. The van der Waals surface area contributed by atoms with E-state index in [1.165, 1.54) is 17.5 Å². The summed E-state index contributed by atoms with van der Waals surface area (Å²) in [6, 6.07) is 5.66. The topological polar surface area (TPSA) is 71.8 Å².